The van der Waals surface area contributed by atoms with Crippen molar-refractivity contribution < 1.29 is 15.0 Å². The minimum absolute atomic E-state index is 0.0221. The second-order valence-electron chi connectivity index (χ2n) is 2.25. The number of hydrogen-bond donors (Lipinski definition) is 3. The van der Waals surface area contributed by atoms with Gasteiger partial charge in [-0.3, -0.25) is 4.79 Å². The summed E-state index contributed by atoms with van der Waals surface area (Å²) in [6, 6.07) is 0. The molecule has 0 saturated carbocycles. The number of hydrogen-bond acceptors (Lipinski definition) is 3. The van der Waals surface area contributed by atoms with Crippen molar-refractivity contribution in [2.75, 3.05) is 19.8 Å². The monoisotopic (exact) mass is 161 g/mol. The zero-order valence-electron chi connectivity index (χ0n) is 6.55. The second kappa shape index (κ2) is 7.50. The molecule has 66 valence electrons. The van der Waals surface area contributed by atoms with Crippen LogP contribution in [0.2, 0.25) is 0 Å². The van der Waals surface area contributed by atoms with Gasteiger partial charge in [-0.15, -0.1) is 0 Å². The number of aliphatic hydroxyl groups is 2. The Morgan fingerprint density at radius 3 is 2.45 bits per heavy atom. The summed E-state index contributed by atoms with van der Waals surface area (Å²) in [7, 11) is 0. The smallest absolute Gasteiger partial charge is 0.220 e. The van der Waals surface area contributed by atoms with Gasteiger partial charge in [-0.1, -0.05) is 0 Å². The van der Waals surface area contributed by atoms with E-state index in [-0.39, 0.29) is 19.1 Å². The first-order valence-corrected chi connectivity index (χ1v) is 3.79. The van der Waals surface area contributed by atoms with E-state index in [2.05, 4.69) is 5.32 Å². The van der Waals surface area contributed by atoms with Crippen LogP contribution in [0.15, 0.2) is 0 Å². The Hall–Kier alpha value is -0.610. The summed E-state index contributed by atoms with van der Waals surface area (Å²) >= 11 is 0. The third-order valence-corrected chi connectivity index (χ3v) is 1.25. The van der Waals surface area contributed by atoms with Crippen LogP contribution in [0.1, 0.15) is 19.3 Å². The molecule has 0 aromatic heterocycles. The van der Waals surface area contributed by atoms with Crippen molar-refractivity contribution in [3.63, 3.8) is 0 Å². The first kappa shape index (κ1) is 10.4. The van der Waals surface area contributed by atoms with Gasteiger partial charge in [-0.25, -0.2) is 0 Å². The molecule has 1 amide bonds. The summed E-state index contributed by atoms with van der Waals surface area (Å²) in [4.78, 5) is 10.8. The number of carbonyl (C=O) groups excluding carboxylic acids is 1. The van der Waals surface area contributed by atoms with E-state index in [0.29, 0.717) is 25.8 Å². The lowest BCUT2D eigenvalue weighted by atomic mass is 10.2. The zero-order chi connectivity index (χ0) is 8.53. The highest BCUT2D eigenvalue weighted by atomic mass is 16.3. The predicted octanol–water partition coefficient (Wildman–Crippen LogP) is -0.743. The fraction of sp³-hybridized carbons (Fsp3) is 0.857. The summed E-state index contributed by atoms with van der Waals surface area (Å²) in [6.07, 6.45) is 1.79. The Bertz CT molecular complexity index is 106. The van der Waals surface area contributed by atoms with E-state index in [1.54, 1.807) is 0 Å². The Labute approximate surface area is 66.2 Å². The number of rotatable bonds is 6. The van der Waals surface area contributed by atoms with E-state index in [0.717, 1.165) is 0 Å². The second-order valence-corrected chi connectivity index (χ2v) is 2.25. The van der Waals surface area contributed by atoms with Gasteiger partial charge in [0.2, 0.25) is 5.91 Å². The van der Waals surface area contributed by atoms with Gasteiger partial charge in [0.05, 0.1) is 6.61 Å². The van der Waals surface area contributed by atoms with E-state index >= 15 is 0 Å². The topological polar surface area (TPSA) is 69.6 Å². The Kier molecular flexibility index (Phi) is 7.08. The molecule has 0 bridgehead atoms. The molecule has 0 unspecified atom stereocenters. The molecule has 0 radical (unpaired) electrons. The van der Waals surface area contributed by atoms with E-state index < -0.39 is 0 Å². The van der Waals surface area contributed by atoms with E-state index in [9.17, 15) is 4.79 Å². The highest BCUT2D eigenvalue weighted by Gasteiger charge is 1.97. The molecule has 0 atom stereocenters. The van der Waals surface area contributed by atoms with Crippen LogP contribution < -0.4 is 5.32 Å². The number of unbranched alkanes of at least 4 members (excludes halogenated alkanes) is 1. The van der Waals surface area contributed by atoms with Gasteiger partial charge >= 0.3 is 0 Å². The fourth-order valence-corrected chi connectivity index (χ4v) is 0.681. The van der Waals surface area contributed by atoms with Crippen molar-refractivity contribution in [3.05, 3.63) is 0 Å². The van der Waals surface area contributed by atoms with Crippen molar-refractivity contribution in [3.8, 4) is 0 Å². The van der Waals surface area contributed by atoms with Gasteiger partial charge in [-0.05, 0) is 12.8 Å². The number of carbonyl (C=O) groups is 1. The molecule has 0 spiro atoms. The summed E-state index contributed by atoms with van der Waals surface area (Å²) < 4.78 is 0. The normalized spacial score (nSPS) is 9.64. The van der Waals surface area contributed by atoms with Crippen LogP contribution in [-0.4, -0.2) is 35.9 Å². The Morgan fingerprint density at radius 1 is 1.18 bits per heavy atom. The van der Waals surface area contributed by atoms with E-state index in [4.69, 9.17) is 10.2 Å². The molecular weight excluding hydrogens is 146 g/mol. The zero-order valence-corrected chi connectivity index (χ0v) is 6.55. The molecule has 0 aliphatic heterocycles. The Balaban J connectivity index is 3.09. The van der Waals surface area contributed by atoms with Gasteiger partial charge in [0.25, 0.3) is 0 Å². The molecule has 0 rings (SSSR count). The van der Waals surface area contributed by atoms with Gasteiger partial charge in [0.15, 0.2) is 0 Å². The lowest BCUT2D eigenvalue weighted by Crippen LogP contribution is -2.25. The number of nitrogens with one attached hydrogen (secondary N) is 1. The van der Waals surface area contributed by atoms with E-state index in [1.807, 2.05) is 0 Å². The maximum absolute atomic E-state index is 10.8. The van der Waals surface area contributed by atoms with Crippen molar-refractivity contribution in [2.45, 2.75) is 19.3 Å². The predicted molar refractivity (Wildman–Crippen MR) is 41.0 cm³/mol. The maximum Gasteiger partial charge on any atom is 0.220 e. The third-order valence-electron chi connectivity index (χ3n) is 1.25. The van der Waals surface area contributed by atoms with Crippen LogP contribution in [0.4, 0.5) is 0 Å². The quantitative estimate of drug-likeness (QED) is 0.449. The van der Waals surface area contributed by atoms with Crippen molar-refractivity contribution >= 4 is 5.91 Å². The standard InChI is InChI=1S/C7H15NO3/c9-5-2-1-3-7(11)8-4-6-10/h9-10H,1-6H2,(H,8,11). The molecule has 0 heterocycles. The van der Waals surface area contributed by atoms with Crippen molar-refractivity contribution in [1.29, 1.82) is 0 Å². The highest BCUT2D eigenvalue weighted by Crippen LogP contribution is 1.92. The minimum Gasteiger partial charge on any atom is -0.396 e. The summed E-state index contributed by atoms with van der Waals surface area (Å²) in [5, 5.41) is 19.2. The highest BCUT2D eigenvalue weighted by molar-refractivity contribution is 5.75. The molecule has 0 aromatic carbocycles. The van der Waals surface area contributed by atoms with Gasteiger partial charge < -0.3 is 15.5 Å². The molecule has 0 fully saturated rings. The molecule has 3 N–H and O–H groups in total. The lowest BCUT2D eigenvalue weighted by molar-refractivity contribution is -0.121. The number of amides is 1. The van der Waals surface area contributed by atoms with Crippen LogP contribution in [-0.2, 0) is 4.79 Å². The summed E-state index contributed by atoms with van der Waals surface area (Å²) in [5.74, 6) is -0.0625. The van der Waals surface area contributed by atoms with Gasteiger partial charge in [0, 0.05) is 19.6 Å². The van der Waals surface area contributed by atoms with Crippen LogP contribution in [0, 0.1) is 0 Å². The van der Waals surface area contributed by atoms with Gasteiger partial charge in [-0.2, -0.15) is 0 Å². The van der Waals surface area contributed by atoms with Crippen LogP contribution in [0.25, 0.3) is 0 Å². The minimum atomic E-state index is -0.0625. The molecular formula is C7H15NO3. The molecule has 0 aromatic rings. The molecule has 4 heteroatoms. The average molecular weight is 161 g/mol. The van der Waals surface area contributed by atoms with Crippen LogP contribution >= 0.6 is 0 Å². The molecule has 0 aliphatic carbocycles. The van der Waals surface area contributed by atoms with Crippen LogP contribution in [0.3, 0.4) is 0 Å². The molecule has 4 nitrogen and oxygen atoms in total. The number of aliphatic hydroxyl groups excluding tert-OH is 2. The summed E-state index contributed by atoms with van der Waals surface area (Å²) in [5.41, 5.74) is 0. The maximum atomic E-state index is 10.8. The molecule has 0 saturated heterocycles. The largest absolute Gasteiger partial charge is 0.396 e. The van der Waals surface area contributed by atoms with E-state index in [1.165, 1.54) is 0 Å². The summed E-state index contributed by atoms with van der Waals surface area (Å²) in [6.45, 7) is 0.428. The first-order valence-electron chi connectivity index (χ1n) is 3.79. The fourth-order valence-electron chi connectivity index (χ4n) is 0.681. The third kappa shape index (κ3) is 7.29. The molecule has 11 heavy (non-hydrogen) atoms. The van der Waals surface area contributed by atoms with Crippen molar-refractivity contribution in [1.82, 2.24) is 5.32 Å². The van der Waals surface area contributed by atoms with Crippen molar-refractivity contribution in [2.24, 2.45) is 0 Å². The molecule has 0 aliphatic rings. The lowest BCUT2D eigenvalue weighted by Gasteiger charge is -2.01. The first-order chi connectivity index (χ1) is 5.31. The Morgan fingerprint density at radius 2 is 1.91 bits per heavy atom. The van der Waals surface area contributed by atoms with Crippen LogP contribution in [0.5, 0.6) is 0 Å². The SMILES string of the molecule is O=C(CCCCO)NCCO. The van der Waals surface area contributed by atoms with Gasteiger partial charge in [0.1, 0.15) is 0 Å². The average Bonchev–Trinajstić information content (AvgIpc) is 2.01.